The third-order valence-corrected chi connectivity index (χ3v) is 3.20. The van der Waals surface area contributed by atoms with Gasteiger partial charge in [0.05, 0.1) is 6.61 Å². The average Bonchev–Trinajstić information content (AvgIpc) is 2.37. The van der Waals surface area contributed by atoms with E-state index >= 15 is 0 Å². The summed E-state index contributed by atoms with van der Waals surface area (Å²) in [6, 6.07) is 6.99. The standard InChI is InChI=1S/C15H23F2NO2/c1-10(2)14(9-19-4)18-11(3)12-6-5-7-13(8-12)20-15(16)17/h5-8,10-11,14-15,18H,9H2,1-4H3. The Labute approximate surface area is 119 Å². The number of benzene rings is 1. The number of rotatable bonds is 8. The molecular weight excluding hydrogens is 264 g/mol. The van der Waals surface area contributed by atoms with Gasteiger partial charge in [0.25, 0.3) is 0 Å². The fourth-order valence-corrected chi connectivity index (χ4v) is 1.99. The number of ether oxygens (including phenoxy) is 2. The molecule has 0 saturated heterocycles. The van der Waals surface area contributed by atoms with Crippen LogP contribution >= 0.6 is 0 Å². The Morgan fingerprint density at radius 1 is 1.20 bits per heavy atom. The molecule has 0 amide bonds. The highest BCUT2D eigenvalue weighted by Crippen LogP contribution is 2.21. The zero-order valence-corrected chi connectivity index (χ0v) is 12.4. The molecule has 0 fully saturated rings. The second-order valence-corrected chi connectivity index (χ2v) is 5.15. The minimum absolute atomic E-state index is 0.0266. The number of halogens is 2. The van der Waals surface area contributed by atoms with Crippen LogP contribution in [0.1, 0.15) is 32.4 Å². The molecule has 1 N–H and O–H groups in total. The van der Waals surface area contributed by atoms with Crippen LogP contribution in [0.25, 0.3) is 0 Å². The Morgan fingerprint density at radius 2 is 1.90 bits per heavy atom. The molecule has 5 heteroatoms. The van der Waals surface area contributed by atoms with E-state index in [1.165, 1.54) is 6.07 Å². The van der Waals surface area contributed by atoms with Crippen LogP contribution in [0.4, 0.5) is 8.78 Å². The van der Waals surface area contributed by atoms with Gasteiger partial charge in [-0.05, 0) is 30.5 Å². The van der Waals surface area contributed by atoms with E-state index < -0.39 is 6.61 Å². The molecule has 0 spiro atoms. The number of nitrogens with one attached hydrogen (secondary N) is 1. The molecule has 0 aromatic heterocycles. The van der Waals surface area contributed by atoms with Gasteiger partial charge in [0.1, 0.15) is 5.75 Å². The first-order chi connectivity index (χ1) is 9.43. The molecule has 2 atom stereocenters. The predicted molar refractivity (Wildman–Crippen MR) is 75.1 cm³/mol. The highest BCUT2D eigenvalue weighted by molar-refractivity contribution is 5.30. The van der Waals surface area contributed by atoms with Gasteiger partial charge in [-0.3, -0.25) is 0 Å². The van der Waals surface area contributed by atoms with Crippen molar-refractivity contribution in [3.8, 4) is 5.75 Å². The monoisotopic (exact) mass is 287 g/mol. The molecule has 1 aromatic rings. The highest BCUT2D eigenvalue weighted by atomic mass is 19.3. The summed E-state index contributed by atoms with van der Waals surface area (Å²) in [4.78, 5) is 0. The van der Waals surface area contributed by atoms with Crippen LogP contribution in [-0.4, -0.2) is 26.4 Å². The van der Waals surface area contributed by atoms with Crippen molar-refractivity contribution >= 4 is 0 Å². The second kappa shape index (κ2) is 8.17. The minimum Gasteiger partial charge on any atom is -0.435 e. The van der Waals surface area contributed by atoms with Gasteiger partial charge in [0, 0.05) is 19.2 Å². The lowest BCUT2D eigenvalue weighted by atomic mass is 10.0. The van der Waals surface area contributed by atoms with Crippen molar-refractivity contribution < 1.29 is 18.3 Å². The molecule has 1 aromatic carbocycles. The van der Waals surface area contributed by atoms with Gasteiger partial charge in [-0.1, -0.05) is 26.0 Å². The average molecular weight is 287 g/mol. The van der Waals surface area contributed by atoms with E-state index in [2.05, 4.69) is 23.9 Å². The summed E-state index contributed by atoms with van der Waals surface area (Å²) in [6.45, 7) is 4.02. The van der Waals surface area contributed by atoms with E-state index in [-0.39, 0.29) is 17.8 Å². The first-order valence-corrected chi connectivity index (χ1v) is 6.73. The molecule has 0 saturated carbocycles. The van der Waals surface area contributed by atoms with Crippen LogP contribution in [-0.2, 0) is 4.74 Å². The summed E-state index contributed by atoms with van der Waals surface area (Å²) < 4.78 is 34.0. The lowest BCUT2D eigenvalue weighted by Crippen LogP contribution is -2.39. The van der Waals surface area contributed by atoms with Gasteiger partial charge in [-0.15, -0.1) is 0 Å². The molecule has 0 aliphatic heterocycles. The first kappa shape index (κ1) is 16.9. The second-order valence-electron chi connectivity index (χ2n) is 5.15. The van der Waals surface area contributed by atoms with Crippen molar-refractivity contribution in [3.05, 3.63) is 29.8 Å². The summed E-state index contributed by atoms with van der Waals surface area (Å²) in [5.74, 6) is 0.594. The van der Waals surface area contributed by atoms with Gasteiger partial charge >= 0.3 is 6.61 Å². The van der Waals surface area contributed by atoms with E-state index in [1.54, 1.807) is 19.2 Å². The van der Waals surface area contributed by atoms with Crippen molar-refractivity contribution in [3.63, 3.8) is 0 Å². The zero-order chi connectivity index (χ0) is 15.1. The van der Waals surface area contributed by atoms with Crippen LogP contribution < -0.4 is 10.1 Å². The van der Waals surface area contributed by atoms with Crippen molar-refractivity contribution in [2.45, 2.75) is 39.5 Å². The Morgan fingerprint density at radius 3 is 2.45 bits per heavy atom. The molecular formula is C15H23F2NO2. The smallest absolute Gasteiger partial charge is 0.387 e. The van der Waals surface area contributed by atoms with E-state index in [4.69, 9.17) is 4.74 Å². The Bertz CT molecular complexity index is 399. The van der Waals surface area contributed by atoms with Crippen LogP contribution in [0.5, 0.6) is 5.75 Å². The summed E-state index contributed by atoms with van der Waals surface area (Å²) >= 11 is 0. The zero-order valence-electron chi connectivity index (χ0n) is 12.4. The number of methoxy groups -OCH3 is 1. The summed E-state index contributed by atoms with van der Waals surface area (Å²) in [6.07, 6.45) is 0. The van der Waals surface area contributed by atoms with Gasteiger partial charge in [0.15, 0.2) is 0 Å². The SMILES string of the molecule is COCC(NC(C)c1cccc(OC(F)F)c1)C(C)C. The maximum absolute atomic E-state index is 12.2. The third kappa shape index (κ3) is 5.43. The van der Waals surface area contributed by atoms with Crippen molar-refractivity contribution in [2.75, 3.05) is 13.7 Å². The normalized spacial score (nSPS) is 14.6. The van der Waals surface area contributed by atoms with Crippen LogP contribution in [0.15, 0.2) is 24.3 Å². The molecule has 2 unspecified atom stereocenters. The van der Waals surface area contributed by atoms with Crippen LogP contribution in [0, 0.1) is 5.92 Å². The summed E-state index contributed by atoms with van der Waals surface area (Å²) in [5.41, 5.74) is 0.907. The summed E-state index contributed by atoms with van der Waals surface area (Å²) in [5, 5.41) is 3.45. The Kier molecular flexibility index (Phi) is 6.88. The maximum Gasteiger partial charge on any atom is 0.387 e. The highest BCUT2D eigenvalue weighted by Gasteiger charge is 2.17. The van der Waals surface area contributed by atoms with E-state index in [1.807, 2.05) is 13.0 Å². The number of hydrogen-bond acceptors (Lipinski definition) is 3. The quantitative estimate of drug-likeness (QED) is 0.792. The predicted octanol–water partition coefficient (Wildman–Crippen LogP) is 3.61. The van der Waals surface area contributed by atoms with Crippen LogP contribution in [0.2, 0.25) is 0 Å². The van der Waals surface area contributed by atoms with Gasteiger partial charge in [-0.2, -0.15) is 8.78 Å². The molecule has 3 nitrogen and oxygen atoms in total. The lowest BCUT2D eigenvalue weighted by molar-refractivity contribution is -0.0499. The van der Waals surface area contributed by atoms with E-state index in [0.717, 1.165) is 5.56 Å². The largest absolute Gasteiger partial charge is 0.435 e. The van der Waals surface area contributed by atoms with Crippen LogP contribution in [0.3, 0.4) is 0 Å². The molecule has 114 valence electrons. The van der Waals surface area contributed by atoms with E-state index in [9.17, 15) is 8.78 Å². The molecule has 20 heavy (non-hydrogen) atoms. The van der Waals surface area contributed by atoms with Gasteiger partial charge in [0.2, 0.25) is 0 Å². The van der Waals surface area contributed by atoms with Crippen molar-refractivity contribution in [1.29, 1.82) is 0 Å². The number of alkyl halides is 2. The Balaban J connectivity index is 2.73. The molecule has 0 aliphatic rings. The Hall–Kier alpha value is -1.20. The number of hydrogen-bond donors (Lipinski definition) is 1. The van der Waals surface area contributed by atoms with Crippen molar-refractivity contribution in [2.24, 2.45) is 5.92 Å². The fourth-order valence-electron chi connectivity index (χ4n) is 1.99. The third-order valence-electron chi connectivity index (χ3n) is 3.20. The molecule has 0 bridgehead atoms. The fraction of sp³-hybridized carbons (Fsp3) is 0.600. The van der Waals surface area contributed by atoms with Crippen molar-refractivity contribution in [1.82, 2.24) is 5.32 Å². The minimum atomic E-state index is -2.80. The van der Waals surface area contributed by atoms with E-state index in [0.29, 0.717) is 12.5 Å². The van der Waals surface area contributed by atoms with Gasteiger partial charge < -0.3 is 14.8 Å². The molecule has 0 radical (unpaired) electrons. The first-order valence-electron chi connectivity index (χ1n) is 6.73. The molecule has 0 heterocycles. The van der Waals surface area contributed by atoms with Gasteiger partial charge in [-0.25, -0.2) is 0 Å². The summed E-state index contributed by atoms with van der Waals surface area (Å²) in [7, 11) is 1.67. The molecule has 0 aliphatic carbocycles. The molecule has 1 rings (SSSR count). The topological polar surface area (TPSA) is 30.5 Å². The maximum atomic E-state index is 12.2. The lowest BCUT2D eigenvalue weighted by Gasteiger charge is -2.26.